The summed E-state index contributed by atoms with van der Waals surface area (Å²) in [7, 11) is -3.80. The second-order valence-electron chi connectivity index (χ2n) is 5.69. The molecule has 1 fully saturated rings. The fourth-order valence-electron chi connectivity index (χ4n) is 1.64. The molecule has 1 amide bonds. The third-order valence-electron chi connectivity index (χ3n) is 2.88. The quantitative estimate of drug-likeness (QED) is 0.345. The van der Waals surface area contributed by atoms with Gasteiger partial charge >= 0.3 is 5.97 Å². The van der Waals surface area contributed by atoms with Gasteiger partial charge in [0.25, 0.3) is 13.4 Å². The van der Waals surface area contributed by atoms with Crippen LogP contribution in [-0.2, 0) is 23.4 Å². The van der Waals surface area contributed by atoms with Crippen LogP contribution < -0.4 is 5.50 Å². The first kappa shape index (κ1) is 17.1. The van der Waals surface area contributed by atoms with Gasteiger partial charge in [-0.1, -0.05) is 0 Å². The molecule has 0 aromatic carbocycles. The van der Waals surface area contributed by atoms with E-state index in [1.165, 1.54) is 0 Å². The van der Waals surface area contributed by atoms with E-state index in [1.807, 2.05) is 0 Å². The molecule has 1 heterocycles. The Kier molecular flexibility index (Phi) is 5.32. The van der Waals surface area contributed by atoms with E-state index < -0.39 is 37.3 Å². The Labute approximate surface area is 117 Å². The van der Waals surface area contributed by atoms with Crippen molar-refractivity contribution in [3.05, 3.63) is 0 Å². The molecular formula is C11H21N2O6P. The van der Waals surface area contributed by atoms with Crippen molar-refractivity contribution >= 4 is 19.4 Å². The molecule has 1 saturated heterocycles. The van der Waals surface area contributed by atoms with E-state index >= 15 is 0 Å². The average Bonchev–Trinajstić information content (AvgIpc) is 2.30. The predicted octanol–water partition coefficient (Wildman–Crippen LogP) is 1.08. The van der Waals surface area contributed by atoms with Crippen molar-refractivity contribution in [1.82, 2.24) is 5.06 Å². The van der Waals surface area contributed by atoms with Gasteiger partial charge in [0, 0.05) is 6.54 Å². The Morgan fingerprint density at radius 2 is 2.15 bits per heavy atom. The summed E-state index contributed by atoms with van der Waals surface area (Å²) in [4.78, 5) is 23.2. The molecule has 0 aromatic rings. The van der Waals surface area contributed by atoms with Crippen LogP contribution >= 0.6 is 7.52 Å². The number of piperidine rings is 1. The summed E-state index contributed by atoms with van der Waals surface area (Å²) >= 11 is 0. The highest BCUT2D eigenvalue weighted by atomic mass is 31.2. The Balaban J connectivity index is 2.55. The number of amides is 1. The zero-order valence-electron chi connectivity index (χ0n) is 11.9. The second-order valence-corrected chi connectivity index (χ2v) is 7.87. The lowest BCUT2D eigenvalue weighted by Crippen LogP contribution is -2.43. The number of esters is 1. The predicted molar refractivity (Wildman–Crippen MR) is 69.8 cm³/mol. The van der Waals surface area contributed by atoms with E-state index in [-0.39, 0.29) is 13.0 Å². The molecular weight excluding hydrogens is 287 g/mol. The maximum absolute atomic E-state index is 12.2. The molecule has 2 atom stereocenters. The van der Waals surface area contributed by atoms with Crippen LogP contribution in [0.4, 0.5) is 0 Å². The average molecular weight is 308 g/mol. The van der Waals surface area contributed by atoms with Gasteiger partial charge < -0.3 is 4.74 Å². The van der Waals surface area contributed by atoms with Crippen molar-refractivity contribution in [2.24, 2.45) is 10.9 Å². The molecule has 1 aliphatic rings. The zero-order chi connectivity index (χ0) is 15.6. The second kappa shape index (κ2) is 6.22. The van der Waals surface area contributed by atoms with E-state index in [0.29, 0.717) is 11.5 Å². The number of hydrogen-bond donors (Lipinski definition) is 2. The lowest BCUT2D eigenvalue weighted by molar-refractivity contribution is -0.169. The van der Waals surface area contributed by atoms with E-state index in [9.17, 15) is 19.4 Å². The lowest BCUT2D eigenvalue weighted by Gasteiger charge is -2.30. The molecule has 0 bridgehead atoms. The van der Waals surface area contributed by atoms with E-state index in [4.69, 9.17) is 14.8 Å². The molecule has 1 aliphatic heterocycles. The van der Waals surface area contributed by atoms with Crippen molar-refractivity contribution < 1.29 is 28.6 Å². The molecule has 2 unspecified atom stereocenters. The normalized spacial score (nSPS) is 23.4. The maximum atomic E-state index is 12.2. The molecule has 0 radical (unpaired) electrons. The number of nitrogens with two attached hydrogens (primary N) is 1. The van der Waals surface area contributed by atoms with Gasteiger partial charge in [-0.2, -0.15) is 0 Å². The number of carbonyl (C=O) groups is 2. The maximum Gasteiger partial charge on any atom is 0.313 e. The summed E-state index contributed by atoms with van der Waals surface area (Å²) in [5.74, 6) is -1.26. The van der Waals surface area contributed by atoms with Crippen LogP contribution in [0.2, 0.25) is 0 Å². The fourth-order valence-corrected chi connectivity index (χ4v) is 3.02. The van der Waals surface area contributed by atoms with E-state index in [0.717, 1.165) is 0 Å². The number of ether oxygens (including phenoxy) is 1. The fraction of sp³-hybridized carbons (Fsp3) is 0.818. The Bertz CT molecular complexity index is 433. The van der Waals surface area contributed by atoms with Crippen molar-refractivity contribution in [3.8, 4) is 0 Å². The van der Waals surface area contributed by atoms with Crippen LogP contribution in [0.25, 0.3) is 0 Å². The number of hydroxylamine groups is 2. The van der Waals surface area contributed by atoms with Crippen molar-refractivity contribution in [2.75, 3.05) is 13.3 Å². The molecule has 20 heavy (non-hydrogen) atoms. The molecule has 1 rings (SSSR count). The highest BCUT2D eigenvalue weighted by molar-refractivity contribution is 7.58. The first-order valence-corrected chi connectivity index (χ1v) is 8.02. The standard InChI is InChI=1S/C11H21N2O6P/c1-11(2,3)10(15)18-7-19-20(12,17)8-5-4-6-13(16)9(8)14/h8,16H,4-7H2,1-3H3,(H2,12,17). The summed E-state index contributed by atoms with van der Waals surface area (Å²) in [5.41, 5.74) is 3.70. The van der Waals surface area contributed by atoms with Crippen LogP contribution in [0.15, 0.2) is 0 Å². The van der Waals surface area contributed by atoms with Crippen LogP contribution in [0.1, 0.15) is 33.6 Å². The highest BCUT2D eigenvalue weighted by Gasteiger charge is 2.41. The van der Waals surface area contributed by atoms with Gasteiger partial charge in [0.2, 0.25) is 0 Å². The number of hydrogen-bond acceptors (Lipinski definition) is 6. The van der Waals surface area contributed by atoms with Crippen molar-refractivity contribution in [1.29, 1.82) is 0 Å². The molecule has 0 aliphatic carbocycles. The molecule has 3 N–H and O–H groups in total. The summed E-state index contributed by atoms with van der Waals surface area (Å²) in [6, 6.07) is 0. The van der Waals surface area contributed by atoms with E-state index in [1.54, 1.807) is 20.8 Å². The van der Waals surface area contributed by atoms with Crippen LogP contribution in [-0.4, -0.2) is 41.1 Å². The highest BCUT2D eigenvalue weighted by Crippen LogP contribution is 2.47. The Hall–Kier alpha value is -0.950. The Morgan fingerprint density at radius 1 is 1.55 bits per heavy atom. The first-order chi connectivity index (χ1) is 9.05. The number of nitrogens with zero attached hydrogens (tertiary/aromatic N) is 1. The van der Waals surface area contributed by atoms with Gasteiger partial charge in [0.15, 0.2) is 6.79 Å². The Morgan fingerprint density at radius 3 is 2.70 bits per heavy atom. The van der Waals surface area contributed by atoms with Crippen LogP contribution in [0.5, 0.6) is 0 Å². The summed E-state index contributed by atoms with van der Waals surface area (Å²) < 4.78 is 21.8. The molecule has 116 valence electrons. The zero-order valence-corrected chi connectivity index (χ0v) is 12.8. The minimum absolute atomic E-state index is 0.175. The van der Waals surface area contributed by atoms with Gasteiger partial charge in [-0.15, -0.1) is 0 Å². The largest absolute Gasteiger partial charge is 0.438 e. The van der Waals surface area contributed by atoms with Gasteiger partial charge in [-0.05, 0) is 33.6 Å². The van der Waals surface area contributed by atoms with Crippen LogP contribution in [0, 0.1) is 5.41 Å². The minimum Gasteiger partial charge on any atom is -0.438 e. The smallest absolute Gasteiger partial charge is 0.313 e. The van der Waals surface area contributed by atoms with Gasteiger partial charge in [-0.25, -0.2) is 5.06 Å². The molecule has 0 aromatic heterocycles. The summed E-state index contributed by atoms with van der Waals surface area (Å²) in [5, 5.41) is 9.78. The topological polar surface area (TPSA) is 119 Å². The van der Waals surface area contributed by atoms with Crippen molar-refractivity contribution in [2.45, 2.75) is 39.3 Å². The van der Waals surface area contributed by atoms with Crippen molar-refractivity contribution in [3.63, 3.8) is 0 Å². The van der Waals surface area contributed by atoms with Gasteiger partial charge in [-0.3, -0.25) is 29.4 Å². The lowest BCUT2D eigenvalue weighted by atomic mass is 9.98. The molecule has 9 heteroatoms. The summed E-state index contributed by atoms with van der Waals surface area (Å²) in [6.07, 6.45) is 0.732. The number of carbonyl (C=O) groups excluding carboxylic acids is 2. The van der Waals surface area contributed by atoms with Crippen LogP contribution in [0.3, 0.4) is 0 Å². The van der Waals surface area contributed by atoms with E-state index in [2.05, 4.69) is 0 Å². The third kappa shape index (κ3) is 4.28. The van der Waals surface area contributed by atoms with Gasteiger partial charge in [0.1, 0.15) is 5.66 Å². The SMILES string of the molecule is CC(C)(C)C(=O)OCOP(N)(=O)C1CCCN(O)C1=O. The first-order valence-electron chi connectivity index (χ1n) is 6.26. The minimum atomic E-state index is -3.80. The molecule has 8 nitrogen and oxygen atoms in total. The summed E-state index contributed by atoms with van der Waals surface area (Å²) in [6.45, 7) is 4.57. The van der Waals surface area contributed by atoms with Gasteiger partial charge in [0.05, 0.1) is 5.41 Å². The molecule has 0 spiro atoms. The molecule has 0 saturated carbocycles. The monoisotopic (exact) mass is 308 g/mol. The number of rotatable bonds is 4. The third-order valence-corrected chi connectivity index (χ3v) is 4.74.